The number of aliphatic hydroxyl groups is 2. The molecule has 0 aromatic carbocycles. The first-order valence-electron chi connectivity index (χ1n) is 8.06. The van der Waals surface area contributed by atoms with Gasteiger partial charge in [-0.25, -0.2) is 12.7 Å². The second-order valence-corrected chi connectivity index (χ2v) is 9.15. The molecule has 2 N–H and O–H groups in total. The zero-order valence-corrected chi connectivity index (χ0v) is 14.0. The van der Waals surface area contributed by atoms with Crippen LogP contribution in [0.3, 0.4) is 0 Å². The van der Waals surface area contributed by atoms with Gasteiger partial charge in [0.1, 0.15) is 0 Å². The fourth-order valence-electron chi connectivity index (χ4n) is 3.65. The molecule has 124 valence electrons. The van der Waals surface area contributed by atoms with E-state index in [0.29, 0.717) is 38.3 Å². The highest BCUT2D eigenvalue weighted by atomic mass is 32.2. The highest BCUT2D eigenvalue weighted by Gasteiger charge is 2.40. The monoisotopic (exact) mass is 319 g/mol. The minimum Gasteiger partial charge on any atom is -0.390 e. The molecule has 0 aromatic heterocycles. The van der Waals surface area contributed by atoms with Gasteiger partial charge in [-0.3, -0.25) is 0 Å². The highest BCUT2D eigenvalue weighted by molar-refractivity contribution is 7.88. The average molecular weight is 319 g/mol. The van der Waals surface area contributed by atoms with Crippen molar-refractivity contribution in [2.45, 2.75) is 63.6 Å². The third-order valence-electron chi connectivity index (χ3n) is 5.27. The van der Waals surface area contributed by atoms with Gasteiger partial charge in [-0.1, -0.05) is 6.92 Å². The van der Waals surface area contributed by atoms with Crippen molar-refractivity contribution in [1.82, 2.24) is 4.31 Å². The number of nitrogens with zero attached hydrogens (tertiary/aromatic N) is 1. The van der Waals surface area contributed by atoms with Gasteiger partial charge in [0, 0.05) is 13.1 Å². The fourth-order valence-corrected chi connectivity index (χ4v) is 4.59. The Morgan fingerprint density at radius 2 is 1.90 bits per heavy atom. The number of hydrogen-bond acceptors (Lipinski definition) is 4. The number of sulfonamides is 1. The molecule has 1 heterocycles. The molecular weight excluding hydrogens is 290 g/mol. The van der Waals surface area contributed by atoms with E-state index < -0.39 is 21.7 Å². The Morgan fingerprint density at radius 3 is 2.48 bits per heavy atom. The predicted molar refractivity (Wildman–Crippen MR) is 82.3 cm³/mol. The lowest BCUT2D eigenvalue weighted by molar-refractivity contribution is -0.112. The lowest BCUT2D eigenvalue weighted by Gasteiger charge is -2.41. The van der Waals surface area contributed by atoms with Gasteiger partial charge in [-0.15, -0.1) is 0 Å². The summed E-state index contributed by atoms with van der Waals surface area (Å²) in [5.74, 6) is 0.764. The number of hydrogen-bond donors (Lipinski definition) is 2. The largest absolute Gasteiger partial charge is 0.390 e. The van der Waals surface area contributed by atoms with Crippen LogP contribution < -0.4 is 0 Å². The number of piperidine rings is 1. The van der Waals surface area contributed by atoms with Gasteiger partial charge in [0.05, 0.1) is 18.0 Å². The van der Waals surface area contributed by atoms with E-state index in [-0.39, 0.29) is 5.92 Å². The van der Waals surface area contributed by atoms with Crippen molar-refractivity contribution in [3.8, 4) is 0 Å². The molecule has 1 saturated heterocycles. The Bertz CT molecular complexity index is 443. The minimum absolute atomic E-state index is 0.145. The van der Waals surface area contributed by atoms with Gasteiger partial charge in [-0.2, -0.15) is 0 Å². The average Bonchev–Trinajstić information content (AvgIpc) is 2.41. The first kappa shape index (κ1) is 17.2. The predicted octanol–water partition coefficient (Wildman–Crippen LogP) is 1.35. The molecule has 1 aliphatic carbocycles. The van der Waals surface area contributed by atoms with E-state index in [1.165, 1.54) is 10.6 Å². The molecule has 2 rings (SSSR count). The minimum atomic E-state index is -3.15. The van der Waals surface area contributed by atoms with Crippen molar-refractivity contribution >= 4 is 10.0 Å². The van der Waals surface area contributed by atoms with Gasteiger partial charge in [0.2, 0.25) is 10.0 Å². The molecule has 2 atom stereocenters. The van der Waals surface area contributed by atoms with Gasteiger partial charge in [0.15, 0.2) is 0 Å². The van der Waals surface area contributed by atoms with Crippen LogP contribution in [0.1, 0.15) is 51.9 Å². The van der Waals surface area contributed by atoms with Crippen LogP contribution in [0.2, 0.25) is 0 Å². The molecule has 2 unspecified atom stereocenters. The van der Waals surface area contributed by atoms with Crippen LogP contribution in [0.5, 0.6) is 0 Å². The molecule has 21 heavy (non-hydrogen) atoms. The lowest BCUT2D eigenvalue weighted by Crippen LogP contribution is -2.48. The van der Waals surface area contributed by atoms with Crippen LogP contribution in [0.4, 0.5) is 0 Å². The van der Waals surface area contributed by atoms with Gasteiger partial charge in [0.25, 0.3) is 0 Å². The standard InChI is InChI=1S/C15H29NO4S/c1-12-5-7-15(18,8-6-12)14(17)10-13-4-3-9-16(11-13)21(2,19)20/h12-14,17-18H,3-11H2,1-2H3. The van der Waals surface area contributed by atoms with Crippen LogP contribution in [0.15, 0.2) is 0 Å². The summed E-state index contributed by atoms with van der Waals surface area (Å²) >= 11 is 0. The first-order chi connectivity index (χ1) is 9.71. The summed E-state index contributed by atoms with van der Waals surface area (Å²) in [4.78, 5) is 0. The highest BCUT2D eigenvalue weighted by Crippen LogP contribution is 2.37. The molecule has 0 amide bonds. The maximum atomic E-state index is 11.6. The third kappa shape index (κ3) is 4.41. The molecular formula is C15H29NO4S. The van der Waals surface area contributed by atoms with Crippen molar-refractivity contribution in [1.29, 1.82) is 0 Å². The molecule has 1 saturated carbocycles. The number of rotatable bonds is 4. The quantitative estimate of drug-likeness (QED) is 0.820. The van der Waals surface area contributed by atoms with Crippen LogP contribution in [-0.4, -0.2) is 54.0 Å². The van der Waals surface area contributed by atoms with E-state index >= 15 is 0 Å². The summed E-state index contributed by atoms with van der Waals surface area (Å²) in [6, 6.07) is 0. The topological polar surface area (TPSA) is 77.8 Å². The molecule has 0 bridgehead atoms. The number of aliphatic hydroxyl groups excluding tert-OH is 1. The van der Waals surface area contributed by atoms with Crippen LogP contribution in [0.25, 0.3) is 0 Å². The van der Waals surface area contributed by atoms with E-state index in [1.807, 2.05) is 0 Å². The molecule has 0 aromatic rings. The fraction of sp³-hybridized carbons (Fsp3) is 1.00. The van der Waals surface area contributed by atoms with E-state index in [9.17, 15) is 18.6 Å². The Labute approximate surface area is 128 Å². The zero-order chi connectivity index (χ0) is 15.7. The second-order valence-electron chi connectivity index (χ2n) is 7.17. The van der Waals surface area contributed by atoms with Crippen molar-refractivity contribution in [3.63, 3.8) is 0 Å². The van der Waals surface area contributed by atoms with Crippen LogP contribution in [-0.2, 0) is 10.0 Å². The smallest absolute Gasteiger partial charge is 0.211 e. The molecule has 0 spiro atoms. The molecule has 0 radical (unpaired) electrons. The maximum Gasteiger partial charge on any atom is 0.211 e. The SMILES string of the molecule is CC1CCC(O)(C(O)CC2CCCN(S(C)(=O)=O)C2)CC1. The summed E-state index contributed by atoms with van der Waals surface area (Å²) in [6.07, 6.45) is 5.96. The van der Waals surface area contributed by atoms with Crippen LogP contribution >= 0.6 is 0 Å². The van der Waals surface area contributed by atoms with Crippen molar-refractivity contribution in [3.05, 3.63) is 0 Å². The summed E-state index contributed by atoms with van der Waals surface area (Å²) in [5, 5.41) is 21.1. The first-order valence-corrected chi connectivity index (χ1v) is 9.91. The van der Waals surface area contributed by atoms with Crippen molar-refractivity contribution in [2.75, 3.05) is 19.3 Å². The molecule has 5 nitrogen and oxygen atoms in total. The summed E-state index contributed by atoms with van der Waals surface area (Å²) < 4.78 is 24.8. The molecule has 2 fully saturated rings. The van der Waals surface area contributed by atoms with Crippen molar-refractivity contribution < 1.29 is 18.6 Å². The second kappa shape index (κ2) is 6.52. The lowest BCUT2D eigenvalue weighted by atomic mass is 9.74. The van der Waals surface area contributed by atoms with E-state index in [1.54, 1.807) is 0 Å². The van der Waals surface area contributed by atoms with E-state index in [2.05, 4.69) is 6.92 Å². The molecule has 1 aliphatic heterocycles. The van der Waals surface area contributed by atoms with E-state index in [0.717, 1.165) is 25.7 Å². The summed E-state index contributed by atoms with van der Waals surface area (Å²) in [5.41, 5.74) is -0.972. The maximum absolute atomic E-state index is 11.6. The normalized spacial score (nSPS) is 37.3. The Balaban J connectivity index is 1.91. The zero-order valence-electron chi connectivity index (χ0n) is 13.2. The van der Waals surface area contributed by atoms with Gasteiger partial charge >= 0.3 is 0 Å². The molecule has 2 aliphatic rings. The Kier molecular flexibility index (Phi) is 5.34. The van der Waals surface area contributed by atoms with Gasteiger partial charge in [-0.05, 0) is 56.8 Å². The van der Waals surface area contributed by atoms with E-state index in [4.69, 9.17) is 0 Å². The summed E-state index contributed by atoms with van der Waals surface area (Å²) in [6.45, 7) is 3.23. The van der Waals surface area contributed by atoms with Crippen LogP contribution in [0, 0.1) is 11.8 Å². The van der Waals surface area contributed by atoms with Crippen molar-refractivity contribution in [2.24, 2.45) is 11.8 Å². The molecule has 6 heteroatoms. The Morgan fingerprint density at radius 1 is 1.29 bits per heavy atom. The summed E-state index contributed by atoms with van der Waals surface area (Å²) in [7, 11) is -3.15. The third-order valence-corrected chi connectivity index (χ3v) is 6.54. The Hall–Kier alpha value is -0.170. The van der Waals surface area contributed by atoms with Gasteiger partial charge < -0.3 is 10.2 Å².